The molecule has 31 heavy (non-hydrogen) atoms. The van der Waals surface area contributed by atoms with Crippen LogP contribution in [-0.2, 0) is 11.3 Å². The maximum absolute atomic E-state index is 12.2. The third-order valence-electron chi connectivity index (χ3n) is 4.14. The molecule has 2 aromatic carbocycles. The van der Waals surface area contributed by atoms with Crippen LogP contribution in [0.3, 0.4) is 0 Å². The first-order valence-corrected chi connectivity index (χ1v) is 11.3. The van der Waals surface area contributed by atoms with Gasteiger partial charge in [-0.2, -0.15) is 5.10 Å². The highest BCUT2D eigenvalue weighted by atomic mass is 79.9. The van der Waals surface area contributed by atoms with E-state index in [9.17, 15) is 9.90 Å². The predicted octanol–water partition coefficient (Wildman–Crippen LogP) is 4.34. The molecule has 3 aromatic rings. The number of aromatic nitrogens is 3. The van der Waals surface area contributed by atoms with Crippen LogP contribution in [0.15, 0.2) is 51.1 Å². The van der Waals surface area contributed by atoms with E-state index in [0.717, 1.165) is 5.56 Å². The van der Waals surface area contributed by atoms with Gasteiger partial charge in [-0.3, -0.25) is 4.79 Å². The van der Waals surface area contributed by atoms with Gasteiger partial charge in [-0.1, -0.05) is 23.4 Å². The Hall–Kier alpha value is -2.56. The number of thioether (sulfide) groups is 1. The van der Waals surface area contributed by atoms with Crippen LogP contribution >= 0.6 is 39.3 Å². The van der Waals surface area contributed by atoms with Crippen LogP contribution in [0.1, 0.15) is 12.5 Å². The van der Waals surface area contributed by atoms with Crippen LogP contribution in [0.4, 0.5) is 0 Å². The van der Waals surface area contributed by atoms with Crippen molar-refractivity contribution in [1.82, 2.24) is 20.2 Å². The van der Waals surface area contributed by atoms with Crippen molar-refractivity contribution in [2.75, 3.05) is 12.9 Å². The maximum atomic E-state index is 12.2. The third-order valence-corrected chi connectivity index (χ3v) is 5.96. The van der Waals surface area contributed by atoms with Crippen molar-refractivity contribution < 1.29 is 14.6 Å². The Balaban J connectivity index is 1.61. The number of hydrogen-bond donors (Lipinski definition) is 2. The number of benzene rings is 2. The van der Waals surface area contributed by atoms with Crippen LogP contribution < -0.4 is 10.2 Å². The number of rotatable bonds is 8. The number of phenolic OH excluding ortho intramolecular Hbond substituents is 1. The summed E-state index contributed by atoms with van der Waals surface area (Å²) in [6, 6.07) is 10.6. The second kappa shape index (κ2) is 10.7. The Bertz CT molecular complexity index is 1100. The van der Waals surface area contributed by atoms with E-state index in [1.807, 2.05) is 23.6 Å². The molecule has 1 amide bonds. The number of halogens is 2. The number of amides is 1. The van der Waals surface area contributed by atoms with Gasteiger partial charge >= 0.3 is 0 Å². The second-order valence-electron chi connectivity index (χ2n) is 6.19. The normalized spacial score (nSPS) is 11.1. The molecule has 0 saturated heterocycles. The van der Waals surface area contributed by atoms with Crippen molar-refractivity contribution in [1.29, 1.82) is 0 Å². The minimum atomic E-state index is -0.287. The fraction of sp³-hybridized carbons (Fsp3) is 0.200. The summed E-state index contributed by atoms with van der Waals surface area (Å²) >= 11 is 10.5. The van der Waals surface area contributed by atoms with E-state index in [1.54, 1.807) is 24.3 Å². The third kappa shape index (κ3) is 5.78. The van der Waals surface area contributed by atoms with E-state index in [0.29, 0.717) is 38.3 Å². The van der Waals surface area contributed by atoms with Gasteiger partial charge in [0, 0.05) is 17.1 Å². The summed E-state index contributed by atoms with van der Waals surface area (Å²) in [7, 11) is 1.45. The van der Waals surface area contributed by atoms with Gasteiger partial charge in [-0.25, -0.2) is 5.43 Å². The predicted molar refractivity (Wildman–Crippen MR) is 125 cm³/mol. The van der Waals surface area contributed by atoms with Gasteiger partial charge in [0.1, 0.15) is 0 Å². The van der Waals surface area contributed by atoms with Gasteiger partial charge < -0.3 is 14.4 Å². The first-order chi connectivity index (χ1) is 14.9. The summed E-state index contributed by atoms with van der Waals surface area (Å²) in [6.45, 7) is 2.64. The van der Waals surface area contributed by atoms with Gasteiger partial charge in [-0.05, 0) is 64.8 Å². The molecule has 8 nitrogen and oxygen atoms in total. The molecule has 0 bridgehead atoms. The van der Waals surface area contributed by atoms with E-state index in [4.69, 9.17) is 16.3 Å². The molecule has 0 aliphatic heterocycles. The van der Waals surface area contributed by atoms with Gasteiger partial charge in [-0.15, -0.1) is 10.2 Å². The van der Waals surface area contributed by atoms with Crippen LogP contribution in [0, 0.1) is 0 Å². The monoisotopic (exact) mass is 523 g/mol. The molecule has 0 radical (unpaired) electrons. The average molecular weight is 525 g/mol. The molecule has 1 heterocycles. The molecule has 162 valence electrons. The van der Waals surface area contributed by atoms with Crippen molar-refractivity contribution in [3.8, 4) is 22.9 Å². The molecule has 0 spiro atoms. The first-order valence-electron chi connectivity index (χ1n) is 9.13. The lowest BCUT2D eigenvalue weighted by molar-refractivity contribution is -0.118. The molecule has 1 aromatic heterocycles. The van der Waals surface area contributed by atoms with Crippen molar-refractivity contribution >= 4 is 51.4 Å². The molecular weight excluding hydrogens is 506 g/mol. The van der Waals surface area contributed by atoms with E-state index in [2.05, 4.69) is 36.7 Å². The lowest BCUT2D eigenvalue weighted by Gasteiger charge is -2.07. The molecular formula is C20H19BrClN5O3S. The van der Waals surface area contributed by atoms with Gasteiger partial charge in [0.25, 0.3) is 5.91 Å². The van der Waals surface area contributed by atoms with Crippen molar-refractivity contribution in [2.24, 2.45) is 5.10 Å². The molecule has 0 saturated carbocycles. The van der Waals surface area contributed by atoms with Crippen LogP contribution in [0.5, 0.6) is 11.5 Å². The standard InChI is InChI=1S/C20H19BrClN5O3S/c1-3-27-19(13-4-6-14(22)7-5-13)25-26-20(27)31-11-17(28)24-23-10-12-8-15(21)18(29)16(9-12)30-2/h4-10,29H,3,11H2,1-2H3,(H,24,28)/b23-10+. The summed E-state index contributed by atoms with van der Waals surface area (Å²) in [5, 5.41) is 23.5. The summed E-state index contributed by atoms with van der Waals surface area (Å²) in [5.41, 5.74) is 4.02. The molecule has 0 aliphatic carbocycles. The Morgan fingerprint density at radius 2 is 2.10 bits per heavy atom. The highest BCUT2D eigenvalue weighted by Crippen LogP contribution is 2.34. The summed E-state index contributed by atoms with van der Waals surface area (Å²) < 4.78 is 7.49. The summed E-state index contributed by atoms with van der Waals surface area (Å²) in [5.74, 6) is 0.849. The molecule has 0 fully saturated rings. The van der Waals surface area contributed by atoms with Crippen molar-refractivity contribution in [3.05, 3.63) is 51.5 Å². The summed E-state index contributed by atoms with van der Waals surface area (Å²) in [4.78, 5) is 12.2. The van der Waals surface area contributed by atoms with Gasteiger partial charge in [0.05, 0.1) is 23.5 Å². The van der Waals surface area contributed by atoms with E-state index in [1.165, 1.54) is 25.1 Å². The lowest BCUT2D eigenvalue weighted by atomic mass is 10.2. The van der Waals surface area contributed by atoms with Crippen LogP contribution in [-0.4, -0.2) is 44.9 Å². The highest BCUT2D eigenvalue weighted by molar-refractivity contribution is 9.10. The molecule has 11 heteroatoms. The van der Waals surface area contributed by atoms with E-state index >= 15 is 0 Å². The first kappa shape index (κ1) is 23.1. The minimum absolute atomic E-state index is 0.00177. The Morgan fingerprint density at radius 3 is 2.77 bits per heavy atom. The average Bonchev–Trinajstić information content (AvgIpc) is 3.18. The van der Waals surface area contributed by atoms with E-state index < -0.39 is 0 Å². The number of ether oxygens (including phenoxy) is 1. The fourth-order valence-electron chi connectivity index (χ4n) is 2.66. The lowest BCUT2D eigenvalue weighted by Crippen LogP contribution is -2.20. The quantitative estimate of drug-likeness (QED) is 0.258. The Morgan fingerprint density at radius 1 is 1.35 bits per heavy atom. The second-order valence-corrected chi connectivity index (χ2v) is 8.43. The van der Waals surface area contributed by atoms with Crippen molar-refractivity contribution in [3.63, 3.8) is 0 Å². The summed E-state index contributed by atoms with van der Waals surface area (Å²) in [6.07, 6.45) is 1.46. The number of nitrogens with one attached hydrogen (secondary N) is 1. The van der Waals surface area contributed by atoms with Gasteiger partial charge in [0.2, 0.25) is 0 Å². The van der Waals surface area contributed by atoms with Crippen LogP contribution in [0.25, 0.3) is 11.4 Å². The number of hydrazone groups is 1. The van der Waals surface area contributed by atoms with Crippen molar-refractivity contribution in [2.45, 2.75) is 18.6 Å². The number of carbonyl (C=O) groups is 1. The molecule has 0 atom stereocenters. The van der Waals surface area contributed by atoms with E-state index in [-0.39, 0.29) is 17.4 Å². The zero-order chi connectivity index (χ0) is 22.4. The SMILES string of the molecule is CCn1c(SCC(=O)N/N=C/c2cc(Br)c(O)c(OC)c2)nnc1-c1ccc(Cl)cc1. The maximum Gasteiger partial charge on any atom is 0.250 e. The minimum Gasteiger partial charge on any atom is -0.503 e. The number of aromatic hydroxyl groups is 1. The zero-order valence-corrected chi connectivity index (χ0v) is 19.8. The highest BCUT2D eigenvalue weighted by Gasteiger charge is 2.14. The largest absolute Gasteiger partial charge is 0.503 e. The molecule has 0 unspecified atom stereocenters. The Labute approximate surface area is 196 Å². The molecule has 2 N–H and O–H groups in total. The number of carbonyl (C=O) groups excluding carboxylic acids is 1. The number of hydrogen-bond acceptors (Lipinski definition) is 7. The smallest absolute Gasteiger partial charge is 0.250 e. The number of methoxy groups -OCH3 is 1. The van der Waals surface area contributed by atoms with Gasteiger partial charge in [0.15, 0.2) is 22.5 Å². The fourth-order valence-corrected chi connectivity index (χ4v) is 4.04. The molecule has 3 rings (SSSR count). The number of phenols is 1. The zero-order valence-electron chi connectivity index (χ0n) is 16.7. The number of nitrogens with zero attached hydrogens (tertiary/aromatic N) is 4. The topological polar surface area (TPSA) is 102 Å². The van der Waals surface area contributed by atoms with Crippen LogP contribution in [0.2, 0.25) is 5.02 Å². The Kier molecular flexibility index (Phi) is 7.94. The molecule has 0 aliphatic rings.